The summed E-state index contributed by atoms with van der Waals surface area (Å²) in [5, 5.41) is 5.84. The number of nitrogens with zero attached hydrogens (tertiary/aromatic N) is 1. The number of carbonyl (C=O) groups is 3. The normalized spacial score (nSPS) is 10.5. The SMILES string of the molecule is Cn1cc(C(=O)OCC(=O)NCC(=O)Nc2ccccc2Br)c2ccccc21. The number of halogens is 1. The molecule has 0 aliphatic carbocycles. The summed E-state index contributed by atoms with van der Waals surface area (Å²) in [4.78, 5) is 36.1. The molecule has 28 heavy (non-hydrogen) atoms. The van der Waals surface area contributed by atoms with E-state index in [1.54, 1.807) is 24.4 Å². The Kier molecular flexibility index (Phi) is 6.10. The van der Waals surface area contributed by atoms with Gasteiger partial charge in [0.25, 0.3) is 5.91 Å². The van der Waals surface area contributed by atoms with Gasteiger partial charge in [-0.25, -0.2) is 4.79 Å². The van der Waals surface area contributed by atoms with Crippen LogP contribution in [-0.4, -0.2) is 35.5 Å². The van der Waals surface area contributed by atoms with Gasteiger partial charge in [0.05, 0.1) is 17.8 Å². The maximum absolute atomic E-state index is 12.3. The molecule has 0 fully saturated rings. The number of hydrogen-bond acceptors (Lipinski definition) is 4. The summed E-state index contributed by atoms with van der Waals surface area (Å²) < 4.78 is 7.63. The van der Waals surface area contributed by atoms with Crippen molar-refractivity contribution in [3.8, 4) is 0 Å². The Hall–Kier alpha value is -3.13. The molecule has 144 valence electrons. The van der Waals surface area contributed by atoms with Crippen molar-refractivity contribution in [2.24, 2.45) is 7.05 Å². The molecule has 3 rings (SSSR count). The molecule has 0 aliphatic rings. The molecule has 2 aromatic carbocycles. The van der Waals surface area contributed by atoms with Crippen LogP contribution >= 0.6 is 15.9 Å². The van der Waals surface area contributed by atoms with Gasteiger partial charge in [-0.05, 0) is 34.1 Å². The lowest BCUT2D eigenvalue weighted by Crippen LogP contribution is -2.35. The van der Waals surface area contributed by atoms with Crippen LogP contribution in [0.15, 0.2) is 59.2 Å². The summed E-state index contributed by atoms with van der Waals surface area (Å²) in [6, 6.07) is 14.5. The summed E-state index contributed by atoms with van der Waals surface area (Å²) in [6.45, 7) is -0.698. The van der Waals surface area contributed by atoms with E-state index >= 15 is 0 Å². The van der Waals surface area contributed by atoms with Crippen molar-refractivity contribution in [2.75, 3.05) is 18.5 Å². The molecule has 0 aliphatic heterocycles. The zero-order valence-electron chi connectivity index (χ0n) is 15.1. The predicted octanol–water partition coefficient (Wildman–Crippen LogP) is 2.85. The second-order valence-electron chi connectivity index (χ2n) is 6.05. The molecule has 2 amide bonds. The van der Waals surface area contributed by atoms with E-state index in [9.17, 15) is 14.4 Å². The smallest absolute Gasteiger partial charge is 0.340 e. The van der Waals surface area contributed by atoms with Crippen LogP contribution in [0.4, 0.5) is 5.69 Å². The van der Waals surface area contributed by atoms with E-state index in [-0.39, 0.29) is 12.5 Å². The van der Waals surface area contributed by atoms with Crippen molar-refractivity contribution in [3.63, 3.8) is 0 Å². The molecular weight excluding hydrogens is 426 g/mol. The van der Waals surface area contributed by atoms with Crippen LogP contribution in [-0.2, 0) is 21.4 Å². The summed E-state index contributed by atoms with van der Waals surface area (Å²) in [6.07, 6.45) is 1.66. The van der Waals surface area contributed by atoms with Gasteiger partial charge in [-0.1, -0.05) is 30.3 Å². The van der Waals surface area contributed by atoms with Crippen LogP contribution in [0.3, 0.4) is 0 Å². The highest BCUT2D eigenvalue weighted by atomic mass is 79.9. The lowest BCUT2D eigenvalue weighted by molar-refractivity contribution is -0.126. The largest absolute Gasteiger partial charge is 0.452 e. The molecule has 0 bridgehead atoms. The molecule has 1 heterocycles. The minimum Gasteiger partial charge on any atom is -0.452 e. The molecule has 0 radical (unpaired) electrons. The zero-order chi connectivity index (χ0) is 20.1. The number of benzene rings is 2. The molecule has 8 heteroatoms. The standard InChI is InChI=1S/C20H18BrN3O4/c1-24-11-14(13-6-2-5-9-17(13)24)20(27)28-12-19(26)22-10-18(25)23-16-8-4-3-7-15(16)21/h2-9,11H,10,12H2,1H3,(H,22,26)(H,23,25). The van der Waals surface area contributed by atoms with E-state index in [0.29, 0.717) is 11.3 Å². The first kappa shape index (κ1) is 19.6. The monoisotopic (exact) mass is 443 g/mol. The molecule has 0 saturated carbocycles. The van der Waals surface area contributed by atoms with Crippen LogP contribution in [0.25, 0.3) is 10.9 Å². The van der Waals surface area contributed by atoms with Crippen molar-refractivity contribution in [1.82, 2.24) is 9.88 Å². The van der Waals surface area contributed by atoms with Crippen LogP contribution in [0.5, 0.6) is 0 Å². The van der Waals surface area contributed by atoms with Gasteiger partial charge in [0.1, 0.15) is 0 Å². The van der Waals surface area contributed by atoms with Crippen molar-refractivity contribution in [3.05, 3.63) is 64.8 Å². The molecule has 3 aromatic rings. The third-order valence-electron chi connectivity index (χ3n) is 4.05. The van der Waals surface area contributed by atoms with Crippen LogP contribution in [0.2, 0.25) is 0 Å². The highest BCUT2D eigenvalue weighted by Gasteiger charge is 2.16. The number of hydrogen-bond donors (Lipinski definition) is 2. The molecule has 0 atom stereocenters. The number of anilines is 1. The quantitative estimate of drug-likeness (QED) is 0.573. The number of esters is 1. The molecule has 0 unspecified atom stereocenters. The van der Waals surface area contributed by atoms with Crippen LogP contribution < -0.4 is 10.6 Å². The van der Waals surface area contributed by atoms with Gasteiger partial charge in [0, 0.05) is 28.6 Å². The molecule has 0 spiro atoms. The lowest BCUT2D eigenvalue weighted by atomic mass is 10.2. The number of rotatable bonds is 6. The molecular formula is C20H18BrN3O4. The van der Waals surface area contributed by atoms with Crippen LogP contribution in [0, 0.1) is 0 Å². The Balaban J connectivity index is 1.49. The lowest BCUT2D eigenvalue weighted by Gasteiger charge is -2.08. The fraction of sp³-hybridized carbons (Fsp3) is 0.150. The van der Waals surface area contributed by atoms with E-state index < -0.39 is 18.5 Å². The molecule has 0 saturated heterocycles. The molecule has 1 aromatic heterocycles. The number of aryl methyl sites for hydroxylation is 1. The number of carbonyl (C=O) groups excluding carboxylic acids is 3. The van der Waals surface area contributed by atoms with Gasteiger partial charge >= 0.3 is 5.97 Å². The highest BCUT2D eigenvalue weighted by molar-refractivity contribution is 9.10. The van der Waals surface area contributed by atoms with Gasteiger partial charge in [-0.2, -0.15) is 0 Å². The summed E-state index contributed by atoms with van der Waals surface area (Å²) in [5.41, 5.74) is 1.88. The third-order valence-corrected chi connectivity index (χ3v) is 4.74. The van der Waals surface area contributed by atoms with Gasteiger partial charge < -0.3 is 19.9 Å². The van der Waals surface area contributed by atoms with Crippen molar-refractivity contribution >= 4 is 50.3 Å². The Labute approximate surface area is 169 Å². The number of aromatic nitrogens is 1. The number of amides is 2. The maximum Gasteiger partial charge on any atom is 0.340 e. The van der Waals surface area contributed by atoms with E-state index in [0.717, 1.165) is 15.4 Å². The fourth-order valence-corrected chi connectivity index (χ4v) is 3.08. The Bertz CT molecular complexity index is 1040. The Morgan fingerprint density at radius 1 is 1.04 bits per heavy atom. The van der Waals surface area contributed by atoms with E-state index in [2.05, 4.69) is 26.6 Å². The third kappa shape index (κ3) is 4.58. The minimum atomic E-state index is -0.593. The van der Waals surface area contributed by atoms with Gasteiger partial charge in [-0.3, -0.25) is 9.59 Å². The first-order valence-electron chi connectivity index (χ1n) is 8.48. The first-order valence-corrected chi connectivity index (χ1v) is 9.27. The first-order chi connectivity index (χ1) is 13.5. The summed E-state index contributed by atoms with van der Waals surface area (Å²) in [5.74, 6) is -1.54. The van der Waals surface area contributed by atoms with Crippen molar-refractivity contribution < 1.29 is 19.1 Å². The molecule has 2 N–H and O–H groups in total. The Morgan fingerprint density at radius 2 is 1.75 bits per heavy atom. The van der Waals surface area contributed by atoms with E-state index in [1.807, 2.05) is 41.9 Å². The summed E-state index contributed by atoms with van der Waals surface area (Å²) >= 11 is 3.33. The van der Waals surface area contributed by atoms with Crippen molar-refractivity contribution in [1.29, 1.82) is 0 Å². The molecule has 7 nitrogen and oxygen atoms in total. The second-order valence-corrected chi connectivity index (χ2v) is 6.91. The fourth-order valence-electron chi connectivity index (χ4n) is 2.70. The second kappa shape index (κ2) is 8.71. The van der Waals surface area contributed by atoms with E-state index in [4.69, 9.17) is 4.74 Å². The number of fused-ring (bicyclic) bond motifs is 1. The summed E-state index contributed by atoms with van der Waals surface area (Å²) in [7, 11) is 1.83. The zero-order valence-corrected chi connectivity index (χ0v) is 16.7. The van der Waals surface area contributed by atoms with Crippen molar-refractivity contribution in [2.45, 2.75) is 0 Å². The number of nitrogens with one attached hydrogen (secondary N) is 2. The number of para-hydroxylation sites is 2. The average Bonchev–Trinajstić information content (AvgIpc) is 3.03. The van der Waals surface area contributed by atoms with Gasteiger partial charge in [0.15, 0.2) is 6.61 Å². The number of ether oxygens (including phenoxy) is 1. The maximum atomic E-state index is 12.3. The van der Waals surface area contributed by atoms with Gasteiger partial charge in [0.2, 0.25) is 5.91 Å². The topological polar surface area (TPSA) is 89.4 Å². The Morgan fingerprint density at radius 3 is 2.54 bits per heavy atom. The van der Waals surface area contributed by atoms with Crippen LogP contribution in [0.1, 0.15) is 10.4 Å². The highest BCUT2D eigenvalue weighted by Crippen LogP contribution is 2.21. The van der Waals surface area contributed by atoms with Gasteiger partial charge in [-0.15, -0.1) is 0 Å². The predicted molar refractivity (Wildman–Crippen MR) is 109 cm³/mol. The van der Waals surface area contributed by atoms with E-state index in [1.165, 1.54) is 0 Å². The average molecular weight is 444 g/mol. The minimum absolute atomic E-state index is 0.230.